The van der Waals surface area contributed by atoms with E-state index in [0.717, 1.165) is 30.5 Å². The van der Waals surface area contributed by atoms with Gasteiger partial charge in [-0.2, -0.15) is 13.2 Å². The molecule has 33 heavy (non-hydrogen) atoms. The molecular formula is C18H18F3NO8S3. The van der Waals surface area contributed by atoms with E-state index in [2.05, 4.69) is 0 Å². The van der Waals surface area contributed by atoms with Crippen LogP contribution >= 0.6 is 0 Å². The molecule has 0 bridgehead atoms. The Morgan fingerprint density at radius 1 is 0.848 bits per heavy atom. The maximum absolute atomic E-state index is 13.1. The molecule has 1 unspecified atom stereocenters. The van der Waals surface area contributed by atoms with Crippen LogP contribution in [-0.2, 0) is 34.3 Å². The number of aliphatic hydroxyl groups is 1. The molecule has 15 heteroatoms. The molecule has 1 atom stereocenters. The van der Waals surface area contributed by atoms with Crippen molar-refractivity contribution in [2.75, 3.05) is 17.8 Å². The maximum Gasteiger partial charge on any atom is 0.426 e. The van der Waals surface area contributed by atoms with Crippen molar-refractivity contribution >= 4 is 41.1 Å². The first kappa shape index (κ1) is 26.8. The summed E-state index contributed by atoms with van der Waals surface area (Å²) >= 11 is 0. The second-order valence-electron chi connectivity index (χ2n) is 7.18. The maximum atomic E-state index is 13.1. The lowest BCUT2D eigenvalue weighted by atomic mass is 10.1. The highest BCUT2D eigenvalue weighted by Gasteiger charge is 2.56. The Hall–Kier alpha value is -2.49. The summed E-state index contributed by atoms with van der Waals surface area (Å²) < 4.78 is 113. The molecule has 2 aromatic rings. The van der Waals surface area contributed by atoms with Gasteiger partial charge in [0.25, 0.3) is 5.91 Å². The fourth-order valence-corrected chi connectivity index (χ4v) is 6.40. The number of sulfone groups is 3. The Labute approximate surface area is 188 Å². The van der Waals surface area contributed by atoms with Crippen LogP contribution in [0.2, 0.25) is 0 Å². The number of halogens is 3. The van der Waals surface area contributed by atoms with E-state index >= 15 is 0 Å². The summed E-state index contributed by atoms with van der Waals surface area (Å²) in [7, 11) is -12.9. The molecule has 2 N–H and O–H groups in total. The molecule has 0 aliphatic heterocycles. The minimum Gasteiger partial charge on any atom is -0.373 e. The number of rotatable bonds is 6. The van der Waals surface area contributed by atoms with Crippen molar-refractivity contribution < 1.29 is 48.3 Å². The summed E-state index contributed by atoms with van der Waals surface area (Å²) in [5.74, 6) is -2.00. The highest BCUT2D eigenvalue weighted by molar-refractivity contribution is 7.94. The van der Waals surface area contributed by atoms with Gasteiger partial charge in [0.1, 0.15) is 0 Å². The third-order valence-corrected chi connectivity index (χ3v) is 8.67. The number of anilines is 1. The number of hydrogen-bond donors (Lipinski definition) is 2. The lowest BCUT2D eigenvalue weighted by molar-refractivity contribution is -0.242. The fourth-order valence-electron chi connectivity index (χ4n) is 2.56. The van der Waals surface area contributed by atoms with Crippen molar-refractivity contribution in [3.63, 3.8) is 0 Å². The SMILES string of the molecule is CC(O)(C(=O)Nc1ccc(S(=O)(=O)c2ccccc2S(C)(=O)=O)cc1S(C)(=O)=O)C(F)(F)F. The lowest BCUT2D eigenvalue weighted by Gasteiger charge is -2.25. The summed E-state index contributed by atoms with van der Waals surface area (Å²) in [6.07, 6.45) is -4.00. The van der Waals surface area contributed by atoms with Crippen LogP contribution in [0.3, 0.4) is 0 Å². The summed E-state index contributed by atoms with van der Waals surface area (Å²) in [4.78, 5) is 9.19. The zero-order valence-electron chi connectivity index (χ0n) is 17.2. The van der Waals surface area contributed by atoms with Crippen LogP contribution in [0.25, 0.3) is 0 Å². The van der Waals surface area contributed by atoms with E-state index in [-0.39, 0.29) is 6.92 Å². The first-order valence-corrected chi connectivity index (χ1v) is 14.0. The Kier molecular flexibility index (Phi) is 6.79. The normalized spacial score (nSPS) is 15.0. The summed E-state index contributed by atoms with van der Waals surface area (Å²) in [6.45, 7) is 0.156. The highest BCUT2D eigenvalue weighted by atomic mass is 32.2. The average molecular weight is 530 g/mol. The predicted molar refractivity (Wildman–Crippen MR) is 110 cm³/mol. The minimum atomic E-state index is -5.39. The Balaban J connectivity index is 2.69. The quantitative estimate of drug-likeness (QED) is 0.572. The van der Waals surface area contributed by atoms with Gasteiger partial charge in [0, 0.05) is 12.5 Å². The molecule has 0 spiro atoms. The van der Waals surface area contributed by atoms with E-state index in [1.54, 1.807) is 5.32 Å². The molecule has 2 aromatic carbocycles. The number of carbonyl (C=O) groups is 1. The number of nitrogens with one attached hydrogen (secondary N) is 1. The zero-order valence-corrected chi connectivity index (χ0v) is 19.7. The van der Waals surface area contributed by atoms with Gasteiger partial charge in [-0.1, -0.05) is 12.1 Å². The molecular weight excluding hydrogens is 511 g/mol. The van der Waals surface area contributed by atoms with Crippen LogP contribution in [0.5, 0.6) is 0 Å². The van der Waals surface area contributed by atoms with Crippen LogP contribution < -0.4 is 5.32 Å². The number of amides is 1. The first-order chi connectivity index (χ1) is 14.7. The van der Waals surface area contributed by atoms with Gasteiger partial charge in [-0.25, -0.2) is 25.3 Å². The molecule has 0 fully saturated rings. The Morgan fingerprint density at radius 2 is 1.33 bits per heavy atom. The van der Waals surface area contributed by atoms with Crippen molar-refractivity contribution in [3.8, 4) is 0 Å². The van der Waals surface area contributed by atoms with E-state index in [4.69, 9.17) is 0 Å². The van der Waals surface area contributed by atoms with Gasteiger partial charge in [-0.15, -0.1) is 0 Å². The van der Waals surface area contributed by atoms with Gasteiger partial charge in [-0.05, 0) is 37.3 Å². The fraction of sp³-hybridized carbons (Fsp3) is 0.278. The smallest absolute Gasteiger partial charge is 0.373 e. The van der Waals surface area contributed by atoms with Gasteiger partial charge in [-0.3, -0.25) is 4.79 Å². The van der Waals surface area contributed by atoms with Crippen LogP contribution in [0.4, 0.5) is 18.9 Å². The van der Waals surface area contributed by atoms with Crippen molar-refractivity contribution in [3.05, 3.63) is 42.5 Å². The van der Waals surface area contributed by atoms with Gasteiger partial charge in [0.2, 0.25) is 15.4 Å². The first-order valence-electron chi connectivity index (χ1n) is 8.69. The topological polar surface area (TPSA) is 152 Å². The van der Waals surface area contributed by atoms with Crippen molar-refractivity contribution in [1.82, 2.24) is 0 Å². The van der Waals surface area contributed by atoms with E-state index in [1.165, 1.54) is 12.1 Å². The highest BCUT2D eigenvalue weighted by Crippen LogP contribution is 2.34. The zero-order chi connectivity index (χ0) is 25.6. The number of carbonyl (C=O) groups excluding carboxylic acids is 1. The Bertz CT molecular complexity index is 1430. The van der Waals surface area contributed by atoms with Crippen molar-refractivity contribution in [2.45, 2.75) is 38.3 Å². The van der Waals surface area contributed by atoms with Crippen LogP contribution in [0.1, 0.15) is 6.92 Å². The summed E-state index contributed by atoms with van der Waals surface area (Å²) in [6, 6.07) is 6.62. The van der Waals surface area contributed by atoms with Crippen molar-refractivity contribution in [1.29, 1.82) is 0 Å². The number of benzene rings is 2. The van der Waals surface area contributed by atoms with Gasteiger partial charge in [0.15, 0.2) is 19.7 Å². The second-order valence-corrected chi connectivity index (χ2v) is 13.1. The minimum absolute atomic E-state index is 0.156. The predicted octanol–water partition coefficient (Wildman–Crippen LogP) is 1.58. The largest absolute Gasteiger partial charge is 0.426 e. The summed E-state index contributed by atoms with van der Waals surface area (Å²) in [5.41, 5.74) is -4.59. The van der Waals surface area contributed by atoms with E-state index in [9.17, 15) is 48.3 Å². The van der Waals surface area contributed by atoms with Crippen LogP contribution in [0.15, 0.2) is 62.0 Å². The molecule has 0 saturated heterocycles. The molecule has 2 rings (SSSR count). The lowest BCUT2D eigenvalue weighted by Crippen LogP contribution is -2.52. The Morgan fingerprint density at radius 3 is 1.79 bits per heavy atom. The average Bonchev–Trinajstić information content (AvgIpc) is 2.65. The molecule has 0 radical (unpaired) electrons. The standard InChI is InChI=1S/C18H18F3NO8S3/c1-17(24,18(19,20)21)16(23)22-12-9-8-11(10-15(12)32(3,27)28)33(29,30)14-7-5-4-6-13(14)31(2,25)26/h4-10,24H,1-3H3,(H,22,23). The van der Waals surface area contributed by atoms with Gasteiger partial charge in [0.05, 0.1) is 25.3 Å². The van der Waals surface area contributed by atoms with E-state index < -0.39 is 72.5 Å². The van der Waals surface area contributed by atoms with E-state index in [1.807, 2.05) is 0 Å². The molecule has 0 aromatic heterocycles. The molecule has 0 saturated carbocycles. The molecule has 9 nitrogen and oxygen atoms in total. The van der Waals surface area contributed by atoms with Crippen molar-refractivity contribution in [2.24, 2.45) is 0 Å². The van der Waals surface area contributed by atoms with Gasteiger partial charge < -0.3 is 10.4 Å². The third kappa shape index (κ3) is 5.37. The van der Waals surface area contributed by atoms with Gasteiger partial charge >= 0.3 is 6.18 Å². The molecule has 1 amide bonds. The second kappa shape index (κ2) is 8.38. The number of alkyl halides is 3. The van der Waals surface area contributed by atoms with E-state index in [0.29, 0.717) is 12.3 Å². The molecule has 0 aliphatic rings. The molecule has 0 aliphatic carbocycles. The van der Waals surface area contributed by atoms with Crippen LogP contribution in [-0.4, -0.2) is 60.6 Å². The third-order valence-electron chi connectivity index (χ3n) is 4.44. The molecule has 0 heterocycles. The summed E-state index contributed by atoms with van der Waals surface area (Å²) in [5, 5.41) is 11.1. The monoisotopic (exact) mass is 529 g/mol. The number of hydrogen-bond acceptors (Lipinski definition) is 8. The molecule has 182 valence electrons. The van der Waals surface area contributed by atoms with Crippen LogP contribution in [0, 0.1) is 0 Å².